The van der Waals surface area contributed by atoms with Crippen molar-refractivity contribution < 1.29 is 4.42 Å². The Labute approximate surface area is 115 Å². The molecule has 4 nitrogen and oxygen atoms in total. The first-order valence-corrected chi connectivity index (χ1v) is 6.85. The third kappa shape index (κ3) is 2.84. The standard InChI is InChI=1S/C13H18BrN3O/c1-9(2)17-6-4-10(16-17)8-12(15-3)11-5-7-18-13(11)14/h4-7,9,12,15H,8H2,1-3H3. The Morgan fingerprint density at radius 3 is 2.72 bits per heavy atom. The minimum absolute atomic E-state index is 0.202. The first-order valence-electron chi connectivity index (χ1n) is 6.06. The Morgan fingerprint density at radius 2 is 2.22 bits per heavy atom. The molecule has 2 rings (SSSR count). The van der Waals surface area contributed by atoms with Crippen molar-refractivity contribution >= 4 is 15.9 Å². The fraction of sp³-hybridized carbons (Fsp3) is 0.462. The van der Waals surface area contributed by atoms with E-state index >= 15 is 0 Å². The molecule has 5 heteroatoms. The number of hydrogen-bond donors (Lipinski definition) is 1. The topological polar surface area (TPSA) is 43.0 Å². The average molecular weight is 312 g/mol. The lowest BCUT2D eigenvalue weighted by Gasteiger charge is -2.13. The van der Waals surface area contributed by atoms with Gasteiger partial charge in [0.15, 0.2) is 4.67 Å². The fourth-order valence-electron chi connectivity index (χ4n) is 1.90. The monoisotopic (exact) mass is 311 g/mol. The van der Waals surface area contributed by atoms with Crippen molar-refractivity contribution in [1.82, 2.24) is 15.1 Å². The predicted molar refractivity (Wildman–Crippen MR) is 74.5 cm³/mol. The minimum atomic E-state index is 0.202. The van der Waals surface area contributed by atoms with Crippen LogP contribution < -0.4 is 5.32 Å². The normalized spacial score (nSPS) is 13.2. The van der Waals surface area contributed by atoms with Gasteiger partial charge >= 0.3 is 0 Å². The molecule has 0 radical (unpaired) electrons. The highest BCUT2D eigenvalue weighted by Gasteiger charge is 2.16. The summed E-state index contributed by atoms with van der Waals surface area (Å²) < 4.78 is 8.04. The summed E-state index contributed by atoms with van der Waals surface area (Å²) in [5, 5.41) is 7.86. The van der Waals surface area contributed by atoms with E-state index in [1.807, 2.05) is 24.0 Å². The number of nitrogens with zero attached hydrogens (tertiary/aromatic N) is 2. The van der Waals surface area contributed by atoms with Crippen molar-refractivity contribution in [3.8, 4) is 0 Å². The molecule has 0 aromatic carbocycles. The largest absolute Gasteiger partial charge is 0.457 e. The van der Waals surface area contributed by atoms with Gasteiger partial charge in [0.05, 0.1) is 12.0 Å². The highest BCUT2D eigenvalue weighted by molar-refractivity contribution is 9.10. The van der Waals surface area contributed by atoms with Crippen molar-refractivity contribution in [2.75, 3.05) is 7.05 Å². The van der Waals surface area contributed by atoms with E-state index in [0.29, 0.717) is 6.04 Å². The second-order valence-corrected chi connectivity index (χ2v) is 5.30. The SMILES string of the molecule is CNC(Cc1ccn(C(C)C)n1)c1ccoc1Br. The first-order chi connectivity index (χ1) is 8.61. The summed E-state index contributed by atoms with van der Waals surface area (Å²) in [4.78, 5) is 0. The summed E-state index contributed by atoms with van der Waals surface area (Å²) in [7, 11) is 1.95. The van der Waals surface area contributed by atoms with E-state index in [9.17, 15) is 0 Å². The van der Waals surface area contributed by atoms with Crippen molar-refractivity contribution in [3.63, 3.8) is 0 Å². The zero-order valence-electron chi connectivity index (χ0n) is 10.9. The zero-order chi connectivity index (χ0) is 13.1. The van der Waals surface area contributed by atoms with Gasteiger partial charge in [-0.1, -0.05) is 0 Å². The predicted octanol–water partition coefficient (Wildman–Crippen LogP) is 3.32. The Bertz CT molecular complexity index is 504. The Morgan fingerprint density at radius 1 is 1.44 bits per heavy atom. The molecular weight excluding hydrogens is 294 g/mol. The van der Waals surface area contributed by atoms with Gasteiger partial charge in [-0.25, -0.2) is 0 Å². The summed E-state index contributed by atoms with van der Waals surface area (Å²) in [6.07, 6.45) is 4.56. The molecule has 0 aliphatic carbocycles. The van der Waals surface area contributed by atoms with Gasteiger partial charge in [0.1, 0.15) is 0 Å². The molecular formula is C13H18BrN3O. The first kappa shape index (κ1) is 13.4. The smallest absolute Gasteiger partial charge is 0.173 e. The Hall–Kier alpha value is -1.07. The molecule has 98 valence electrons. The van der Waals surface area contributed by atoms with Gasteiger partial charge in [0, 0.05) is 30.3 Å². The zero-order valence-corrected chi connectivity index (χ0v) is 12.4. The van der Waals surface area contributed by atoms with Crippen LogP contribution in [0.4, 0.5) is 0 Å². The van der Waals surface area contributed by atoms with Crippen molar-refractivity contribution in [2.24, 2.45) is 0 Å². The van der Waals surface area contributed by atoms with Crippen LogP contribution in [0.3, 0.4) is 0 Å². The van der Waals surface area contributed by atoms with Crippen LogP contribution in [-0.2, 0) is 6.42 Å². The van der Waals surface area contributed by atoms with E-state index in [1.165, 1.54) is 0 Å². The molecule has 0 saturated carbocycles. The molecule has 0 bridgehead atoms. The lowest BCUT2D eigenvalue weighted by Crippen LogP contribution is -2.19. The second-order valence-electron chi connectivity index (χ2n) is 4.58. The van der Waals surface area contributed by atoms with E-state index < -0.39 is 0 Å². The van der Waals surface area contributed by atoms with Crippen molar-refractivity contribution in [1.29, 1.82) is 0 Å². The van der Waals surface area contributed by atoms with Crippen molar-refractivity contribution in [2.45, 2.75) is 32.4 Å². The number of nitrogens with one attached hydrogen (secondary N) is 1. The van der Waals surface area contributed by atoms with Gasteiger partial charge in [-0.05, 0) is 49.0 Å². The van der Waals surface area contributed by atoms with Gasteiger partial charge in [-0.2, -0.15) is 5.10 Å². The quantitative estimate of drug-likeness (QED) is 0.921. The molecule has 0 spiro atoms. The van der Waals surface area contributed by atoms with Gasteiger partial charge in [-0.3, -0.25) is 4.68 Å². The Kier molecular flexibility index (Phi) is 4.24. The number of aromatic nitrogens is 2. The van der Waals surface area contributed by atoms with E-state index in [1.54, 1.807) is 6.26 Å². The van der Waals surface area contributed by atoms with E-state index in [0.717, 1.165) is 22.3 Å². The number of furan rings is 1. The highest BCUT2D eigenvalue weighted by atomic mass is 79.9. The van der Waals surface area contributed by atoms with Crippen LogP contribution in [0.5, 0.6) is 0 Å². The van der Waals surface area contributed by atoms with Crippen LogP contribution in [0, 0.1) is 0 Å². The molecule has 2 aromatic rings. The van der Waals surface area contributed by atoms with Gasteiger partial charge < -0.3 is 9.73 Å². The summed E-state index contributed by atoms with van der Waals surface area (Å²) in [5.74, 6) is 0. The summed E-state index contributed by atoms with van der Waals surface area (Å²) >= 11 is 3.42. The molecule has 1 N–H and O–H groups in total. The third-order valence-corrected chi connectivity index (χ3v) is 3.62. The number of rotatable bonds is 5. The molecule has 0 saturated heterocycles. The van der Waals surface area contributed by atoms with Crippen LogP contribution in [0.25, 0.3) is 0 Å². The van der Waals surface area contributed by atoms with Crippen LogP contribution in [-0.4, -0.2) is 16.8 Å². The van der Waals surface area contributed by atoms with Gasteiger partial charge in [0.25, 0.3) is 0 Å². The molecule has 0 amide bonds. The van der Waals surface area contributed by atoms with Crippen LogP contribution in [0.2, 0.25) is 0 Å². The lowest BCUT2D eigenvalue weighted by molar-refractivity contribution is 0.503. The summed E-state index contributed by atoms with van der Waals surface area (Å²) in [5.41, 5.74) is 2.20. The maximum absolute atomic E-state index is 5.28. The van der Waals surface area contributed by atoms with E-state index in [2.05, 4.69) is 46.3 Å². The minimum Gasteiger partial charge on any atom is -0.457 e. The molecule has 2 aromatic heterocycles. The average Bonchev–Trinajstić information content (AvgIpc) is 2.95. The molecule has 2 heterocycles. The summed E-state index contributed by atoms with van der Waals surface area (Å²) in [6.45, 7) is 4.25. The Balaban J connectivity index is 2.13. The van der Waals surface area contributed by atoms with Gasteiger partial charge in [-0.15, -0.1) is 0 Å². The van der Waals surface area contributed by atoms with E-state index in [-0.39, 0.29) is 6.04 Å². The maximum Gasteiger partial charge on any atom is 0.173 e. The number of hydrogen-bond acceptors (Lipinski definition) is 3. The molecule has 18 heavy (non-hydrogen) atoms. The van der Waals surface area contributed by atoms with Crippen LogP contribution in [0.1, 0.15) is 37.2 Å². The lowest BCUT2D eigenvalue weighted by atomic mass is 10.1. The van der Waals surface area contributed by atoms with Gasteiger partial charge in [0.2, 0.25) is 0 Å². The molecule has 0 fully saturated rings. The molecule has 1 unspecified atom stereocenters. The summed E-state index contributed by atoms with van der Waals surface area (Å²) in [6, 6.07) is 4.64. The number of likely N-dealkylation sites (N-methyl/N-ethyl adjacent to an activating group) is 1. The van der Waals surface area contributed by atoms with Crippen LogP contribution in [0.15, 0.2) is 33.7 Å². The third-order valence-electron chi connectivity index (χ3n) is 2.98. The van der Waals surface area contributed by atoms with Crippen LogP contribution >= 0.6 is 15.9 Å². The van der Waals surface area contributed by atoms with E-state index in [4.69, 9.17) is 4.42 Å². The molecule has 1 atom stereocenters. The second kappa shape index (κ2) is 5.71. The molecule has 0 aliphatic rings. The van der Waals surface area contributed by atoms with Crippen molar-refractivity contribution in [3.05, 3.63) is 40.5 Å². The molecule has 0 aliphatic heterocycles. The maximum atomic E-state index is 5.28. The highest BCUT2D eigenvalue weighted by Crippen LogP contribution is 2.26. The fourth-order valence-corrected chi connectivity index (χ4v) is 2.42. The number of halogens is 1.